The fourth-order valence-corrected chi connectivity index (χ4v) is 3.75. The van der Waals surface area contributed by atoms with E-state index in [-0.39, 0.29) is 17.7 Å². The lowest BCUT2D eigenvalue weighted by Crippen LogP contribution is -2.39. The number of hydrogen-bond acceptors (Lipinski definition) is 4. The number of hydrogen-bond donors (Lipinski definition) is 2. The summed E-state index contributed by atoms with van der Waals surface area (Å²) in [6, 6.07) is 15.3. The normalized spacial score (nSPS) is 16.4. The molecule has 1 aliphatic rings. The summed E-state index contributed by atoms with van der Waals surface area (Å²) >= 11 is 0. The van der Waals surface area contributed by atoms with Gasteiger partial charge in [0.2, 0.25) is 5.91 Å². The number of rotatable bonds is 4. The molecule has 0 aliphatic carbocycles. The first-order chi connectivity index (χ1) is 14.1. The second-order valence-corrected chi connectivity index (χ2v) is 7.27. The summed E-state index contributed by atoms with van der Waals surface area (Å²) in [6.07, 6.45) is 3.53. The molecule has 4 rings (SSSR count). The van der Waals surface area contributed by atoms with E-state index in [9.17, 15) is 9.59 Å². The maximum Gasteiger partial charge on any atom is 0.271 e. The van der Waals surface area contributed by atoms with Gasteiger partial charge in [0.25, 0.3) is 5.91 Å². The fraction of sp³-hybridized carbons (Fsp3) is 0.273. The van der Waals surface area contributed by atoms with Crippen molar-refractivity contribution in [1.82, 2.24) is 20.1 Å². The Morgan fingerprint density at radius 2 is 2.03 bits per heavy atom. The van der Waals surface area contributed by atoms with E-state index in [1.807, 2.05) is 47.4 Å². The van der Waals surface area contributed by atoms with Crippen LogP contribution in [0.25, 0.3) is 11.3 Å². The molecule has 29 heavy (non-hydrogen) atoms. The highest BCUT2D eigenvalue weighted by Crippen LogP contribution is 2.29. The van der Waals surface area contributed by atoms with E-state index >= 15 is 0 Å². The largest absolute Gasteiger partial charge is 0.337 e. The van der Waals surface area contributed by atoms with Crippen LogP contribution in [0.3, 0.4) is 0 Å². The zero-order valence-corrected chi connectivity index (χ0v) is 16.3. The second-order valence-electron chi connectivity index (χ2n) is 7.27. The number of nitrogens with one attached hydrogen (secondary N) is 2. The maximum atomic E-state index is 12.7. The van der Waals surface area contributed by atoms with Crippen molar-refractivity contribution >= 4 is 17.5 Å². The lowest BCUT2D eigenvalue weighted by Gasteiger charge is -2.32. The maximum absolute atomic E-state index is 12.7. The summed E-state index contributed by atoms with van der Waals surface area (Å²) in [5.41, 5.74) is 4.04. The SMILES string of the molecule is CC(=O)Nc1cccc(-c2cccc([C@H]3CCCN(C(=O)c4ccn[nH]4)C3)n2)c1. The molecule has 2 N–H and O–H groups in total. The second kappa shape index (κ2) is 8.26. The number of benzene rings is 1. The summed E-state index contributed by atoms with van der Waals surface area (Å²) in [6.45, 7) is 2.87. The number of aromatic nitrogens is 3. The van der Waals surface area contributed by atoms with Gasteiger partial charge in [0.05, 0.1) is 5.69 Å². The molecule has 3 heterocycles. The minimum absolute atomic E-state index is 0.0219. The number of pyridine rings is 1. The molecule has 1 atom stereocenters. The first-order valence-corrected chi connectivity index (χ1v) is 9.74. The van der Waals surface area contributed by atoms with E-state index in [4.69, 9.17) is 4.98 Å². The summed E-state index contributed by atoms with van der Waals surface area (Å²) in [7, 11) is 0. The lowest BCUT2D eigenvalue weighted by molar-refractivity contribution is -0.114. The summed E-state index contributed by atoms with van der Waals surface area (Å²) in [4.78, 5) is 30.7. The van der Waals surface area contributed by atoms with Crippen molar-refractivity contribution in [1.29, 1.82) is 0 Å². The molecule has 1 aromatic carbocycles. The Labute approximate surface area is 169 Å². The van der Waals surface area contributed by atoms with Crippen molar-refractivity contribution in [3.8, 4) is 11.3 Å². The topological polar surface area (TPSA) is 91.0 Å². The van der Waals surface area contributed by atoms with E-state index in [1.165, 1.54) is 6.92 Å². The van der Waals surface area contributed by atoms with Crippen LogP contribution in [0.2, 0.25) is 0 Å². The van der Waals surface area contributed by atoms with Gasteiger partial charge in [-0.15, -0.1) is 0 Å². The highest BCUT2D eigenvalue weighted by atomic mass is 16.2. The molecule has 0 unspecified atom stereocenters. The van der Waals surface area contributed by atoms with Gasteiger partial charge in [0, 0.05) is 49.1 Å². The van der Waals surface area contributed by atoms with Crippen LogP contribution in [0, 0.1) is 0 Å². The average Bonchev–Trinajstić information content (AvgIpc) is 3.28. The summed E-state index contributed by atoms with van der Waals surface area (Å²) < 4.78 is 0. The monoisotopic (exact) mass is 389 g/mol. The van der Waals surface area contributed by atoms with Crippen molar-refractivity contribution in [2.75, 3.05) is 18.4 Å². The molecule has 3 aromatic rings. The zero-order valence-electron chi connectivity index (χ0n) is 16.3. The molecule has 2 amide bonds. The van der Waals surface area contributed by atoms with E-state index in [0.29, 0.717) is 12.2 Å². The molecule has 7 nitrogen and oxygen atoms in total. The van der Waals surface area contributed by atoms with Gasteiger partial charge in [-0.3, -0.25) is 19.7 Å². The van der Waals surface area contributed by atoms with Gasteiger partial charge in [-0.05, 0) is 43.2 Å². The Hall–Kier alpha value is -3.48. The van der Waals surface area contributed by atoms with Crippen LogP contribution < -0.4 is 5.32 Å². The van der Waals surface area contributed by atoms with Gasteiger partial charge >= 0.3 is 0 Å². The Balaban J connectivity index is 1.54. The average molecular weight is 389 g/mol. The molecule has 148 valence electrons. The van der Waals surface area contributed by atoms with Gasteiger partial charge in [-0.25, -0.2) is 0 Å². The molecule has 2 aromatic heterocycles. The van der Waals surface area contributed by atoms with Crippen LogP contribution in [0.1, 0.15) is 41.9 Å². The van der Waals surface area contributed by atoms with E-state index in [2.05, 4.69) is 15.5 Å². The number of carbonyl (C=O) groups excluding carboxylic acids is 2. The molecule has 0 bridgehead atoms. The number of H-pyrrole nitrogens is 1. The van der Waals surface area contributed by atoms with Crippen LogP contribution in [-0.4, -0.2) is 45.0 Å². The third kappa shape index (κ3) is 4.34. The number of aromatic amines is 1. The van der Waals surface area contributed by atoms with Gasteiger partial charge < -0.3 is 10.2 Å². The minimum Gasteiger partial charge on any atom is -0.337 e. The molecule has 1 fully saturated rings. The Morgan fingerprint density at radius 3 is 2.83 bits per heavy atom. The van der Waals surface area contributed by atoms with Gasteiger partial charge in [-0.1, -0.05) is 18.2 Å². The van der Waals surface area contributed by atoms with E-state index < -0.39 is 0 Å². The standard InChI is InChI=1S/C22H23N5O2/c1-15(28)24-18-7-2-5-16(13-18)19-8-3-9-20(25-19)17-6-4-12-27(14-17)22(29)21-10-11-23-26-21/h2-3,5,7-11,13,17H,4,6,12,14H2,1H3,(H,23,26)(H,24,28)/t17-/m0/s1. The van der Waals surface area contributed by atoms with Crippen LogP contribution in [0.4, 0.5) is 5.69 Å². The van der Waals surface area contributed by atoms with Crippen LogP contribution in [0.15, 0.2) is 54.7 Å². The first-order valence-electron chi connectivity index (χ1n) is 9.74. The summed E-state index contributed by atoms with van der Waals surface area (Å²) in [5.74, 6) is 0.0635. The molecule has 1 saturated heterocycles. The number of piperidine rings is 1. The highest BCUT2D eigenvalue weighted by molar-refractivity contribution is 5.92. The Kier molecular flexibility index (Phi) is 5.37. The van der Waals surface area contributed by atoms with Gasteiger partial charge in [-0.2, -0.15) is 5.10 Å². The third-order valence-electron chi connectivity index (χ3n) is 5.11. The number of amides is 2. The van der Waals surface area contributed by atoms with E-state index in [1.54, 1.807) is 12.3 Å². The Morgan fingerprint density at radius 1 is 1.17 bits per heavy atom. The van der Waals surface area contributed by atoms with Crippen molar-refractivity contribution in [3.63, 3.8) is 0 Å². The number of anilines is 1. The van der Waals surface area contributed by atoms with E-state index in [0.717, 1.165) is 42.0 Å². The molecule has 0 saturated carbocycles. The molecule has 7 heteroatoms. The van der Waals surface area contributed by atoms with Crippen LogP contribution in [-0.2, 0) is 4.79 Å². The highest BCUT2D eigenvalue weighted by Gasteiger charge is 2.27. The number of nitrogens with zero attached hydrogens (tertiary/aromatic N) is 3. The minimum atomic E-state index is -0.104. The van der Waals surface area contributed by atoms with Crippen LogP contribution >= 0.6 is 0 Å². The zero-order chi connectivity index (χ0) is 20.2. The smallest absolute Gasteiger partial charge is 0.271 e. The number of carbonyl (C=O) groups is 2. The van der Waals surface area contributed by atoms with Crippen molar-refractivity contribution in [2.24, 2.45) is 0 Å². The molecule has 0 spiro atoms. The molecule has 1 aliphatic heterocycles. The van der Waals surface area contributed by atoms with Crippen molar-refractivity contribution in [3.05, 3.63) is 66.1 Å². The van der Waals surface area contributed by atoms with Gasteiger partial charge in [0.1, 0.15) is 5.69 Å². The van der Waals surface area contributed by atoms with Gasteiger partial charge in [0.15, 0.2) is 0 Å². The predicted molar refractivity (Wildman–Crippen MR) is 110 cm³/mol. The van der Waals surface area contributed by atoms with Crippen LogP contribution in [0.5, 0.6) is 0 Å². The fourth-order valence-electron chi connectivity index (χ4n) is 3.75. The first kappa shape index (κ1) is 18.9. The molecule has 0 radical (unpaired) electrons. The number of likely N-dealkylation sites (tertiary alicyclic amines) is 1. The Bertz CT molecular complexity index is 1020. The quantitative estimate of drug-likeness (QED) is 0.715. The summed E-state index contributed by atoms with van der Waals surface area (Å²) in [5, 5.41) is 9.43. The molecular weight excluding hydrogens is 366 g/mol. The van der Waals surface area contributed by atoms with Crippen molar-refractivity contribution < 1.29 is 9.59 Å². The lowest BCUT2D eigenvalue weighted by atomic mass is 9.93. The predicted octanol–water partition coefficient (Wildman–Crippen LogP) is 3.45. The third-order valence-corrected chi connectivity index (χ3v) is 5.11. The van der Waals surface area contributed by atoms with Crippen molar-refractivity contribution in [2.45, 2.75) is 25.7 Å². The molecular formula is C22H23N5O2.